The Hall–Kier alpha value is -1.79. The Balaban J connectivity index is 1.59. The Morgan fingerprint density at radius 2 is 2.13 bits per heavy atom. The molecule has 0 aromatic heterocycles. The molecule has 4 rings (SSSR count). The number of fused-ring (bicyclic) bond motifs is 5. The van der Waals surface area contributed by atoms with Crippen molar-refractivity contribution in [2.75, 3.05) is 6.61 Å². The van der Waals surface area contributed by atoms with Crippen molar-refractivity contribution in [3.63, 3.8) is 0 Å². The number of aliphatic hydroxyl groups is 2. The van der Waals surface area contributed by atoms with Crippen LogP contribution in [0.2, 0.25) is 0 Å². The summed E-state index contributed by atoms with van der Waals surface area (Å²) >= 11 is 0. The minimum absolute atomic E-state index is 0.0252. The van der Waals surface area contributed by atoms with Gasteiger partial charge in [-0.2, -0.15) is 0 Å². The Labute approximate surface area is 190 Å². The summed E-state index contributed by atoms with van der Waals surface area (Å²) in [5.41, 5.74) is -2.46. The summed E-state index contributed by atoms with van der Waals surface area (Å²) in [7, 11) is 0. The Bertz CT molecular complexity index is 1050. The molecule has 2 N–H and O–H groups in total. The van der Waals surface area contributed by atoms with Gasteiger partial charge in [-0.05, 0) is 55.6 Å². The largest absolute Gasteiger partial charge is 0.458 e. The quantitative estimate of drug-likeness (QED) is 0.659. The zero-order valence-electron chi connectivity index (χ0n) is 23.2. The maximum atomic E-state index is 13.2. The average Bonchev–Trinajstić information content (AvgIpc) is 3.03. The molecule has 0 heterocycles. The number of carbonyl (C=O) groups excluding carboxylic acids is 3. The van der Waals surface area contributed by atoms with Crippen molar-refractivity contribution in [3.8, 4) is 0 Å². The molecule has 8 atom stereocenters. The lowest BCUT2D eigenvalue weighted by atomic mass is 9.45. The smallest absolute Gasteiger partial charge is 0.305 e. The van der Waals surface area contributed by atoms with Crippen molar-refractivity contribution in [3.05, 3.63) is 23.8 Å². The highest BCUT2D eigenvalue weighted by molar-refractivity contribution is 6.01. The highest BCUT2D eigenvalue weighted by atomic mass is 16.5. The van der Waals surface area contributed by atoms with Gasteiger partial charge >= 0.3 is 5.97 Å². The summed E-state index contributed by atoms with van der Waals surface area (Å²) in [5, 5.41) is 23.1. The van der Waals surface area contributed by atoms with Gasteiger partial charge in [-0.1, -0.05) is 39.3 Å². The Morgan fingerprint density at radius 3 is 2.84 bits per heavy atom. The number of allylic oxidation sites excluding steroid dienone is 4. The van der Waals surface area contributed by atoms with Gasteiger partial charge in [0, 0.05) is 30.0 Å². The first-order valence-electron chi connectivity index (χ1n) is 13.5. The molecule has 6 heteroatoms. The van der Waals surface area contributed by atoms with E-state index >= 15 is 0 Å². The number of aliphatic hydroxyl groups excluding tert-OH is 1. The average molecular weight is 436 g/mol. The van der Waals surface area contributed by atoms with Crippen molar-refractivity contribution in [2.45, 2.75) is 71.4 Å². The topological polar surface area (TPSA) is 101 Å². The van der Waals surface area contributed by atoms with Gasteiger partial charge in [-0.3, -0.25) is 14.4 Å². The van der Waals surface area contributed by atoms with Gasteiger partial charge in [0.05, 0.1) is 6.10 Å². The molecule has 6 nitrogen and oxygen atoms in total. The van der Waals surface area contributed by atoms with E-state index in [1.807, 2.05) is 13.0 Å². The van der Waals surface area contributed by atoms with E-state index in [-0.39, 0.29) is 42.3 Å². The fourth-order valence-electron chi connectivity index (χ4n) is 7.50. The summed E-state index contributed by atoms with van der Waals surface area (Å²) in [6.45, 7) is 1.63. The van der Waals surface area contributed by atoms with Crippen molar-refractivity contribution in [1.29, 1.82) is 0 Å². The molecule has 0 radical (unpaired) electrons. The van der Waals surface area contributed by atoms with E-state index in [4.69, 9.17) is 11.6 Å². The summed E-state index contributed by atoms with van der Waals surface area (Å²) in [4.78, 5) is 37.4. The first kappa shape index (κ1) is 16.8. The number of ether oxygens (including phenoxy) is 1. The monoisotopic (exact) mass is 435 g/mol. The maximum absolute atomic E-state index is 13.2. The third kappa shape index (κ3) is 3.09. The van der Waals surface area contributed by atoms with Gasteiger partial charge in [0.2, 0.25) is 5.78 Å². The van der Waals surface area contributed by atoms with Gasteiger partial charge in [0.1, 0.15) is 5.60 Å². The van der Waals surface area contributed by atoms with Crippen LogP contribution >= 0.6 is 0 Å². The van der Waals surface area contributed by atoms with Crippen LogP contribution in [0.15, 0.2) is 23.8 Å². The van der Waals surface area contributed by atoms with Gasteiger partial charge in [0.25, 0.3) is 0 Å². The summed E-state index contributed by atoms with van der Waals surface area (Å²) in [6, 6.07) is 0. The molecular weight excluding hydrogens is 396 g/mol. The molecule has 31 heavy (non-hydrogen) atoms. The second-order valence-corrected chi connectivity index (χ2v) is 10.3. The first-order chi connectivity index (χ1) is 16.4. The number of rotatable bonds is 4. The molecule has 0 aliphatic heterocycles. The maximum Gasteiger partial charge on any atom is 0.305 e. The lowest BCUT2D eigenvalue weighted by Gasteiger charge is -2.60. The molecule has 0 aromatic carbocycles. The van der Waals surface area contributed by atoms with E-state index in [0.29, 0.717) is 12.8 Å². The van der Waals surface area contributed by atoms with Gasteiger partial charge in [-0.15, -0.1) is 0 Å². The lowest BCUT2D eigenvalue weighted by Crippen LogP contribution is -2.62. The van der Waals surface area contributed by atoms with Crippen LogP contribution in [0.25, 0.3) is 0 Å². The third-order valence-corrected chi connectivity index (χ3v) is 8.87. The number of ketones is 2. The van der Waals surface area contributed by atoms with Crippen molar-refractivity contribution in [2.24, 2.45) is 34.5 Å². The molecule has 0 unspecified atom stereocenters. The number of esters is 1. The molecule has 0 saturated heterocycles. The molecular formula is C25H34O6. The second-order valence-electron chi connectivity index (χ2n) is 10.3. The fraction of sp³-hybridized carbons (Fsp3) is 0.720. The fourth-order valence-corrected chi connectivity index (χ4v) is 7.50. The van der Waals surface area contributed by atoms with Gasteiger partial charge in [0.15, 0.2) is 12.4 Å². The zero-order valence-corrected chi connectivity index (χ0v) is 18.2. The van der Waals surface area contributed by atoms with Gasteiger partial charge in [-0.25, -0.2) is 0 Å². The molecule has 4 aliphatic carbocycles. The Kier molecular flexibility index (Phi) is 4.00. The lowest BCUT2D eigenvalue weighted by molar-refractivity contribution is -0.182. The van der Waals surface area contributed by atoms with Crippen LogP contribution in [0.3, 0.4) is 0 Å². The number of hydrogen-bond acceptors (Lipinski definition) is 6. The van der Waals surface area contributed by atoms with Crippen LogP contribution < -0.4 is 0 Å². The number of carbonyl (C=O) groups is 3. The van der Waals surface area contributed by atoms with Crippen molar-refractivity contribution >= 4 is 17.5 Å². The molecule has 0 aromatic rings. The van der Waals surface area contributed by atoms with E-state index in [1.165, 1.54) is 0 Å². The molecule has 3 saturated carbocycles. The number of Topliss-reactive ketones (excluding diaryl/α,β-unsaturated/α-hetero) is 1. The molecule has 0 bridgehead atoms. The predicted molar refractivity (Wildman–Crippen MR) is 114 cm³/mol. The summed E-state index contributed by atoms with van der Waals surface area (Å²) in [5.74, 6) is -2.84. The van der Waals surface area contributed by atoms with Crippen LogP contribution in [-0.4, -0.2) is 46.1 Å². The molecule has 4 aliphatic rings. The van der Waals surface area contributed by atoms with Crippen LogP contribution in [0.4, 0.5) is 0 Å². The van der Waals surface area contributed by atoms with E-state index in [1.54, 1.807) is 19.1 Å². The third-order valence-electron chi connectivity index (χ3n) is 8.87. The van der Waals surface area contributed by atoms with Crippen LogP contribution in [0.1, 0.15) is 66.5 Å². The molecule has 3 fully saturated rings. The minimum Gasteiger partial charge on any atom is -0.458 e. The predicted octanol–water partition coefficient (Wildman–Crippen LogP) is 2.76. The highest BCUT2D eigenvalue weighted by Crippen LogP contribution is 2.67. The minimum atomic E-state index is -3.29. The van der Waals surface area contributed by atoms with E-state index in [9.17, 15) is 24.6 Å². The molecule has 0 amide bonds. The van der Waals surface area contributed by atoms with E-state index in [2.05, 4.69) is 6.92 Å². The van der Waals surface area contributed by atoms with Crippen molar-refractivity contribution in [1.82, 2.24) is 0 Å². The summed E-state index contributed by atoms with van der Waals surface area (Å²) in [6.07, 6.45) is 2.37. The van der Waals surface area contributed by atoms with Crippen LogP contribution in [0, 0.1) is 34.5 Å². The number of hydrogen-bond donors (Lipinski definition) is 2. The molecule has 170 valence electrons. The highest BCUT2D eigenvalue weighted by Gasteiger charge is 2.68. The Morgan fingerprint density at radius 1 is 1.39 bits per heavy atom. The SMILES string of the molecule is [2H]C([2H])([2H])C([2H])([2H])C(=O)OCC(=O)[C@@]1(O)CC[C@H]2[C@@H]3C[C@H](C)C4=CC(=O)C=C[C@]4(C)[C@H]3[C@@H](O)C[C@@]21C. The van der Waals surface area contributed by atoms with E-state index in [0.717, 1.165) is 5.57 Å². The second kappa shape index (κ2) is 7.38. The van der Waals surface area contributed by atoms with Crippen LogP contribution in [0.5, 0.6) is 0 Å². The van der Waals surface area contributed by atoms with Crippen LogP contribution in [-0.2, 0) is 19.1 Å². The standard InChI is InChI=1S/C25H34O6/c1-5-21(29)31-13-20(28)25(30)9-7-17-16-10-14(2)18-11-15(26)6-8-23(18,3)22(16)19(27)12-24(17,25)4/h6,8,11,14,16-17,19,22,27,30H,5,7,9-10,12-13H2,1-4H3/t14-,16-,17-,19-,22+,23-,24-,25-/m0/s1/i1D3,5D2. The van der Waals surface area contributed by atoms with Gasteiger partial charge < -0.3 is 14.9 Å². The normalized spacial score (nSPS) is 49.2. The van der Waals surface area contributed by atoms with E-state index < -0.39 is 54.1 Å². The first-order valence-corrected chi connectivity index (χ1v) is 11.0. The summed E-state index contributed by atoms with van der Waals surface area (Å²) < 4.78 is 41.4. The van der Waals surface area contributed by atoms with Crippen molar-refractivity contribution < 1.29 is 36.2 Å². The molecule has 0 spiro atoms. The zero-order chi connectivity index (χ0) is 27.1.